The van der Waals surface area contributed by atoms with Crippen molar-refractivity contribution in [1.82, 2.24) is 0 Å². The average molecular weight is 554 g/mol. The molecule has 3 aromatic rings. The van der Waals surface area contributed by atoms with Crippen molar-refractivity contribution in [2.75, 3.05) is 35.5 Å². The second kappa shape index (κ2) is 12.8. The van der Waals surface area contributed by atoms with Gasteiger partial charge in [-0.3, -0.25) is 9.79 Å². The molecule has 0 aromatic heterocycles. The number of benzene rings is 3. The SMILES string of the molecule is COc1ccc(C(=O)CC=Nc2cc(/C=C\c3cc(OC)c(OC)c(OC)c3)cc(Br)c2OC)cc1. The van der Waals surface area contributed by atoms with E-state index in [1.165, 1.54) is 0 Å². The van der Waals surface area contributed by atoms with E-state index in [2.05, 4.69) is 20.9 Å². The Labute approximate surface area is 219 Å². The van der Waals surface area contributed by atoms with Crippen LogP contribution in [0.4, 0.5) is 5.69 Å². The first-order valence-electron chi connectivity index (χ1n) is 11.0. The lowest BCUT2D eigenvalue weighted by atomic mass is 10.1. The topological polar surface area (TPSA) is 75.6 Å². The van der Waals surface area contributed by atoms with E-state index in [0.29, 0.717) is 40.0 Å². The predicted octanol–water partition coefficient (Wildman–Crippen LogP) is 6.64. The normalized spacial score (nSPS) is 11.1. The lowest BCUT2D eigenvalue weighted by Crippen LogP contribution is -1.99. The first-order valence-corrected chi connectivity index (χ1v) is 11.8. The summed E-state index contributed by atoms with van der Waals surface area (Å²) in [7, 11) is 7.89. The Bertz CT molecular complexity index is 1240. The van der Waals surface area contributed by atoms with Gasteiger partial charge < -0.3 is 23.7 Å². The Kier molecular flexibility index (Phi) is 9.53. The molecule has 0 radical (unpaired) electrons. The highest BCUT2D eigenvalue weighted by Gasteiger charge is 2.13. The van der Waals surface area contributed by atoms with Crippen LogP contribution in [0.1, 0.15) is 27.9 Å². The summed E-state index contributed by atoms with van der Waals surface area (Å²) in [5.41, 5.74) is 2.94. The molecular weight excluding hydrogens is 526 g/mol. The third-order valence-corrected chi connectivity index (χ3v) is 5.91. The van der Waals surface area contributed by atoms with Crippen molar-refractivity contribution in [1.29, 1.82) is 0 Å². The largest absolute Gasteiger partial charge is 0.497 e. The molecule has 0 amide bonds. The number of carbonyl (C=O) groups excluding carboxylic acids is 1. The first kappa shape index (κ1) is 26.8. The van der Waals surface area contributed by atoms with E-state index in [0.717, 1.165) is 15.6 Å². The number of ketones is 1. The van der Waals surface area contributed by atoms with Crippen LogP contribution in [-0.2, 0) is 0 Å². The van der Waals surface area contributed by atoms with Crippen molar-refractivity contribution in [3.8, 4) is 28.7 Å². The molecule has 0 saturated heterocycles. The fourth-order valence-electron chi connectivity index (χ4n) is 3.51. The summed E-state index contributed by atoms with van der Waals surface area (Å²) in [5.74, 6) is 2.90. The third-order valence-electron chi connectivity index (χ3n) is 5.32. The van der Waals surface area contributed by atoms with Crippen molar-refractivity contribution < 1.29 is 28.5 Å². The maximum absolute atomic E-state index is 12.5. The summed E-state index contributed by atoms with van der Waals surface area (Å²) in [4.78, 5) is 17.0. The minimum Gasteiger partial charge on any atom is -0.497 e. The van der Waals surface area contributed by atoms with E-state index < -0.39 is 0 Å². The fourth-order valence-corrected chi connectivity index (χ4v) is 4.13. The highest BCUT2D eigenvalue weighted by Crippen LogP contribution is 2.39. The minimum atomic E-state index is -0.0436. The van der Waals surface area contributed by atoms with Crippen molar-refractivity contribution in [3.05, 3.63) is 69.7 Å². The molecule has 0 aliphatic carbocycles. The standard InChI is InChI=1S/C28H28BrNO6/c1-32-21-10-8-20(9-11-21)24(31)12-13-30-23-15-18(14-22(29)27(23)35-4)6-7-19-16-25(33-2)28(36-5)26(17-19)34-3/h6-11,13-17H,12H2,1-5H3/b7-6-,30-13?. The zero-order valence-electron chi connectivity index (χ0n) is 20.8. The molecule has 0 N–H and O–H groups in total. The lowest BCUT2D eigenvalue weighted by molar-refractivity contribution is 0.100. The molecule has 0 bridgehead atoms. The van der Waals surface area contributed by atoms with Gasteiger partial charge in [-0.2, -0.15) is 0 Å². The highest BCUT2D eigenvalue weighted by atomic mass is 79.9. The Morgan fingerprint density at radius 2 is 1.36 bits per heavy atom. The van der Waals surface area contributed by atoms with Crippen molar-refractivity contribution in [2.24, 2.45) is 4.99 Å². The second-order valence-corrected chi connectivity index (χ2v) is 8.37. The number of methoxy groups -OCH3 is 5. The summed E-state index contributed by atoms with van der Waals surface area (Å²) in [6.45, 7) is 0. The van der Waals surface area contributed by atoms with Gasteiger partial charge in [0.05, 0.1) is 40.0 Å². The summed E-state index contributed by atoms with van der Waals surface area (Å²) < 4.78 is 27.6. The van der Waals surface area contributed by atoms with Gasteiger partial charge in [-0.25, -0.2) is 0 Å². The molecular formula is C28H28BrNO6. The maximum atomic E-state index is 12.5. The molecule has 188 valence electrons. The van der Waals surface area contributed by atoms with Gasteiger partial charge in [0.2, 0.25) is 5.75 Å². The highest BCUT2D eigenvalue weighted by molar-refractivity contribution is 9.10. The summed E-state index contributed by atoms with van der Waals surface area (Å²) in [6, 6.07) is 14.5. The molecule has 0 aliphatic rings. The zero-order chi connectivity index (χ0) is 26.1. The molecule has 0 fully saturated rings. The minimum absolute atomic E-state index is 0.0436. The smallest absolute Gasteiger partial charge is 0.203 e. The molecule has 0 atom stereocenters. The second-order valence-electron chi connectivity index (χ2n) is 7.51. The predicted molar refractivity (Wildman–Crippen MR) is 146 cm³/mol. The van der Waals surface area contributed by atoms with Gasteiger partial charge in [-0.15, -0.1) is 0 Å². The molecule has 0 saturated carbocycles. The van der Waals surface area contributed by atoms with Crippen molar-refractivity contribution >= 4 is 45.8 Å². The number of hydrogen-bond acceptors (Lipinski definition) is 7. The van der Waals surface area contributed by atoms with E-state index in [-0.39, 0.29) is 12.2 Å². The molecule has 0 heterocycles. The van der Waals surface area contributed by atoms with E-state index in [4.69, 9.17) is 23.7 Å². The molecule has 8 heteroatoms. The van der Waals surface area contributed by atoms with Gasteiger partial charge in [0.1, 0.15) is 11.4 Å². The van der Waals surface area contributed by atoms with Gasteiger partial charge in [0.15, 0.2) is 23.0 Å². The number of Topliss-reactive ketones (excluding diaryl/α,β-unsaturated/α-hetero) is 1. The number of halogens is 1. The molecule has 0 spiro atoms. The van der Waals surface area contributed by atoms with Crippen molar-refractivity contribution in [3.63, 3.8) is 0 Å². The average Bonchev–Trinajstić information content (AvgIpc) is 2.91. The maximum Gasteiger partial charge on any atom is 0.203 e. The Morgan fingerprint density at radius 1 is 0.778 bits per heavy atom. The number of hydrogen-bond donors (Lipinski definition) is 0. The van der Waals surface area contributed by atoms with Crippen LogP contribution in [0.5, 0.6) is 28.7 Å². The van der Waals surface area contributed by atoms with E-state index in [9.17, 15) is 4.79 Å². The Hall–Kier alpha value is -3.78. The van der Waals surface area contributed by atoms with E-state index >= 15 is 0 Å². The quantitative estimate of drug-likeness (QED) is 0.150. The van der Waals surface area contributed by atoms with Gasteiger partial charge in [0.25, 0.3) is 0 Å². The van der Waals surface area contributed by atoms with E-state index in [1.807, 2.05) is 36.4 Å². The van der Waals surface area contributed by atoms with Crippen LogP contribution >= 0.6 is 15.9 Å². The molecule has 36 heavy (non-hydrogen) atoms. The molecule has 3 rings (SSSR count). The van der Waals surface area contributed by atoms with E-state index in [1.54, 1.807) is 66.0 Å². The van der Waals surface area contributed by atoms with Gasteiger partial charge in [-0.1, -0.05) is 12.2 Å². The van der Waals surface area contributed by atoms with Crippen LogP contribution in [0.2, 0.25) is 0 Å². The first-order chi connectivity index (χ1) is 17.4. The zero-order valence-corrected chi connectivity index (χ0v) is 22.4. The Balaban J connectivity index is 1.83. The number of aliphatic imine (C=N–C) groups is 1. The van der Waals surface area contributed by atoms with Gasteiger partial charge in [0, 0.05) is 18.2 Å². The summed E-state index contributed by atoms with van der Waals surface area (Å²) >= 11 is 3.55. The molecule has 0 unspecified atom stereocenters. The summed E-state index contributed by atoms with van der Waals surface area (Å²) in [5, 5.41) is 0. The number of nitrogens with zero attached hydrogens (tertiary/aromatic N) is 1. The fraction of sp³-hybridized carbons (Fsp3) is 0.214. The van der Waals surface area contributed by atoms with Crippen LogP contribution in [0.15, 0.2) is 58.0 Å². The number of ether oxygens (including phenoxy) is 5. The van der Waals surface area contributed by atoms with Crippen LogP contribution in [-0.4, -0.2) is 47.5 Å². The van der Waals surface area contributed by atoms with Gasteiger partial charge in [-0.05, 0) is 75.6 Å². The van der Waals surface area contributed by atoms with Crippen LogP contribution in [0.3, 0.4) is 0 Å². The number of rotatable bonds is 11. The molecule has 3 aromatic carbocycles. The monoisotopic (exact) mass is 553 g/mol. The van der Waals surface area contributed by atoms with Crippen LogP contribution in [0.25, 0.3) is 12.2 Å². The molecule has 0 aliphatic heterocycles. The molecule has 7 nitrogen and oxygen atoms in total. The third kappa shape index (κ3) is 6.46. The van der Waals surface area contributed by atoms with Crippen LogP contribution < -0.4 is 23.7 Å². The van der Waals surface area contributed by atoms with Gasteiger partial charge >= 0.3 is 0 Å². The summed E-state index contributed by atoms with van der Waals surface area (Å²) in [6.07, 6.45) is 5.61. The van der Waals surface area contributed by atoms with Crippen LogP contribution in [0, 0.1) is 0 Å². The Morgan fingerprint density at radius 3 is 1.89 bits per heavy atom. The van der Waals surface area contributed by atoms with Crippen molar-refractivity contribution in [2.45, 2.75) is 6.42 Å². The lowest BCUT2D eigenvalue weighted by Gasteiger charge is -2.13. The number of carbonyl (C=O) groups is 1.